The van der Waals surface area contributed by atoms with Gasteiger partial charge in [-0.05, 0) is 49.4 Å². The maximum Gasteiger partial charge on any atom is 0.253 e. The number of amides is 2. The Morgan fingerprint density at radius 1 is 1.33 bits per heavy atom. The molecule has 0 bridgehead atoms. The maximum atomic E-state index is 12.5. The zero-order chi connectivity index (χ0) is 15.4. The molecule has 0 atom stereocenters. The number of benzene rings is 1. The van der Waals surface area contributed by atoms with Gasteiger partial charge in [0.2, 0.25) is 5.91 Å². The molecule has 2 rings (SSSR count). The van der Waals surface area contributed by atoms with Crippen molar-refractivity contribution in [3.05, 3.63) is 29.3 Å². The van der Waals surface area contributed by atoms with Gasteiger partial charge in [0.15, 0.2) is 0 Å². The summed E-state index contributed by atoms with van der Waals surface area (Å²) in [6.45, 7) is 5.70. The van der Waals surface area contributed by atoms with Gasteiger partial charge in [-0.2, -0.15) is 0 Å². The molecule has 0 radical (unpaired) electrons. The van der Waals surface area contributed by atoms with Crippen LogP contribution in [0.5, 0.6) is 0 Å². The normalized spacial score (nSPS) is 15.9. The van der Waals surface area contributed by atoms with Gasteiger partial charge in [-0.15, -0.1) is 0 Å². The zero-order valence-electron chi connectivity index (χ0n) is 12.7. The van der Waals surface area contributed by atoms with E-state index in [1.54, 1.807) is 12.1 Å². The van der Waals surface area contributed by atoms with Crippen molar-refractivity contribution in [2.24, 2.45) is 11.7 Å². The van der Waals surface area contributed by atoms with Gasteiger partial charge in [0.05, 0.1) is 6.54 Å². The highest BCUT2D eigenvalue weighted by Gasteiger charge is 2.21. The summed E-state index contributed by atoms with van der Waals surface area (Å²) in [7, 11) is 0. The van der Waals surface area contributed by atoms with Crippen LogP contribution in [0.1, 0.15) is 35.7 Å². The number of piperidine rings is 1. The Bertz CT molecular complexity index is 534. The van der Waals surface area contributed by atoms with Crippen LogP contribution in [0.2, 0.25) is 0 Å². The van der Waals surface area contributed by atoms with E-state index < -0.39 is 0 Å². The molecular weight excluding hydrogens is 266 g/mol. The van der Waals surface area contributed by atoms with Crippen molar-refractivity contribution < 1.29 is 9.59 Å². The summed E-state index contributed by atoms with van der Waals surface area (Å²) in [6.07, 6.45) is 2.13. The molecule has 1 fully saturated rings. The SMILES string of the molecule is Cc1cc(C(=O)N2CCC(C)CC2)ccc1NC(=O)CN. The van der Waals surface area contributed by atoms with Gasteiger partial charge < -0.3 is 16.0 Å². The molecule has 0 aliphatic carbocycles. The molecule has 0 spiro atoms. The third kappa shape index (κ3) is 3.82. The molecule has 5 nitrogen and oxygen atoms in total. The lowest BCUT2D eigenvalue weighted by Gasteiger charge is -2.30. The summed E-state index contributed by atoms with van der Waals surface area (Å²) in [6, 6.07) is 5.36. The largest absolute Gasteiger partial charge is 0.339 e. The first kappa shape index (κ1) is 15.5. The standard InChI is InChI=1S/C16H23N3O2/c1-11-5-7-19(8-6-11)16(21)13-3-4-14(12(2)9-13)18-15(20)10-17/h3-4,9,11H,5-8,10,17H2,1-2H3,(H,18,20). The van der Waals surface area contributed by atoms with Crippen molar-refractivity contribution in [2.75, 3.05) is 25.0 Å². The van der Waals surface area contributed by atoms with E-state index in [9.17, 15) is 9.59 Å². The van der Waals surface area contributed by atoms with Crippen LogP contribution in [0.15, 0.2) is 18.2 Å². The molecule has 1 saturated heterocycles. The number of anilines is 1. The van der Waals surface area contributed by atoms with Gasteiger partial charge in [-0.3, -0.25) is 9.59 Å². The highest BCUT2D eigenvalue weighted by molar-refractivity contribution is 5.97. The van der Waals surface area contributed by atoms with Crippen molar-refractivity contribution in [3.63, 3.8) is 0 Å². The van der Waals surface area contributed by atoms with Crippen LogP contribution in [-0.4, -0.2) is 36.3 Å². The van der Waals surface area contributed by atoms with E-state index in [0.29, 0.717) is 17.2 Å². The maximum absolute atomic E-state index is 12.5. The first-order valence-electron chi connectivity index (χ1n) is 7.41. The van der Waals surface area contributed by atoms with Crippen molar-refractivity contribution in [1.29, 1.82) is 0 Å². The Morgan fingerprint density at radius 3 is 2.57 bits per heavy atom. The highest BCUT2D eigenvalue weighted by Crippen LogP contribution is 2.21. The monoisotopic (exact) mass is 289 g/mol. The molecule has 1 heterocycles. The Hall–Kier alpha value is -1.88. The fraction of sp³-hybridized carbons (Fsp3) is 0.500. The van der Waals surface area contributed by atoms with E-state index in [0.717, 1.165) is 31.5 Å². The van der Waals surface area contributed by atoms with Crippen LogP contribution in [0, 0.1) is 12.8 Å². The third-order valence-corrected chi connectivity index (χ3v) is 4.00. The van der Waals surface area contributed by atoms with Crippen LogP contribution < -0.4 is 11.1 Å². The lowest BCUT2D eigenvalue weighted by atomic mass is 9.98. The van der Waals surface area contributed by atoms with Crippen LogP contribution in [0.3, 0.4) is 0 Å². The smallest absolute Gasteiger partial charge is 0.253 e. The van der Waals surface area contributed by atoms with E-state index in [2.05, 4.69) is 12.2 Å². The van der Waals surface area contributed by atoms with Crippen LogP contribution in [-0.2, 0) is 4.79 Å². The molecule has 1 aromatic carbocycles. The van der Waals surface area contributed by atoms with Gasteiger partial charge >= 0.3 is 0 Å². The molecule has 0 aromatic heterocycles. The molecule has 1 aliphatic heterocycles. The molecular formula is C16H23N3O2. The second kappa shape index (κ2) is 6.72. The second-order valence-corrected chi connectivity index (χ2v) is 5.76. The number of aryl methyl sites for hydroxylation is 1. The first-order valence-corrected chi connectivity index (χ1v) is 7.41. The van der Waals surface area contributed by atoms with Crippen LogP contribution in [0.4, 0.5) is 5.69 Å². The van der Waals surface area contributed by atoms with Gasteiger partial charge in [0, 0.05) is 24.3 Å². The van der Waals surface area contributed by atoms with E-state index in [1.165, 1.54) is 0 Å². The van der Waals surface area contributed by atoms with Crippen LogP contribution in [0.25, 0.3) is 0 Å². The number of rotatable bonds is 3. The predicted molar refractivity (Wildman–Crippen MR) is 83.2 cm³/mol. The van der Waals surface area contributed by atoms with E-state index in [4.69, 9.17) is 5.73 Å². The number of nitrogens with zero attached hydrogens (tertiary/aromatic N) is 1. The number of carbonyl (C=O) groups is 2. The Balaban J connectivity index is 2.08. The average molecular weight is 289 g/mol. The van der Waals surface area contributed by atoms with Crippen molar-refractivity contribution in [2.45, 2.75) is 26.7 Å². The Kier molecular flexibility index (Phi) is 4.96. The van der Waals surface area contributed by atoms with Crippen molar-refractivity contribution in [1.82, 2.24) is 4.90 Å². The molecule has 21 heavy (non-hydrogen) atoms. The highest BCUT2D eigenvalue weighted by atomic mass is 16.2. The molecule has 5 heteroatoms. The van der Waals surface area contributed by atoms with Gasteiger partial charge in [-0.1, -0.05) is 6.92 Å². The van der Waals surface area contributed by atoms with Gasteiger partial charge in [0.25, 0.3) is 5.91 Å². The summed E-state index contributed by atoms with van der Waals surface area (Å²) in [5.41, 5.74) is 7.53. The fourth-order valence-electron chi connectivity index (χ4n) is 2.53. The Labute approximate surface area is 125 Å². The fourth-order valence-corrected chi connectivity index (χ4v) is 2.53. The number of hydrogen-bond acceptors (Lipinski definition) is 3. The lowest BCUT2D eigenvalue weighted by Crippen LogP contribution is -2.37. The summed E-state index contributed by atoms with van der Waals surface area (Å²) < 4.78 is 0. The minimum atomic E-state index is -0.234. The summed E-state index contributed by atoms with van der Waals surface area (Å²) in [4.78, 5) is 25.7. The summed E-state index contributed by atoms with van der Waals surface area (Å²) in [5, 5.41) is 2.72. The third-order valence-electron chi connectivity index (χ3n) is 4.00. The quantitative estimate of drug-likeness (QED) is 0.890. The number of carbonyl (C=O) groups excluding carboxylic acids is 2. The molecule has 2 amide bonds. The van der Waals surface area contributed by atoms with Crippen molar-refractivity contribution >= 4 is 17.5 Å². The molecule has 114 valence electrons. The lowest BCUT2D eigenvalue weighted by molar-refractivity contribution is -0.114. The summed E-state index contributed by atoms with van der Waals surface area (Å²) in [5.74, 6) is 0.536. The average Bonchev–Trinajstić information content (AvgIpc) is 2.49. The van der Waals surface area contributed by atoms with E-state index in [-0.39, 0.29) is 18.4 Å². The summed E-state index contributed by atoms with van der Waals surface area (Å²) >= 11 is 0. The topological polar surface area (TPSA) is 75.4 Å². The number of nitrogens with two attached hydrogens (primary N) is 1. The van der Waals surface area contributed by atoms with Gasteiger partial charge in [-0.25, -0.2) is 0 Å². The van der Waals surface area contributed by atoms with E-state index >= 15 is 0 Å². The van der Waals surface area contributed by atoms with Crippen LogP contribution >= 0.6 is 0 Å². The molecule has 0 saturated carbocycles. The molecule has 3 N–H and O–H groups in total. The molecule has 1 aliphatic rings. The predicted octanol–water partition coefficient (Wildman–Crippen LogP) is 1.76. The second-order valence-electron chi connectivity index (χ2n) is 5.76. The first-order chi connectivity index (χ1) is 10.0. The Morgan fingerprint density at radius 2 is 2.00 bits per heavy atom. The van der Waals surface area contributed by atoms with E-state index in [1.807, 2.05) is 17.9 Å². The minimum absolute atomic E-state index is 0.0495. The number of likely N-dealkylation sites (tertiary alicyclic amines) is 1. The molecule has 1 aromatic rings. The van der Waals surface area contributed by atoms with Crippen molar-refractivity contribution in [3.8, 4) is 0 Å². The number of hydrogen-bond donors (Lipinski definition) is 2. The van der Waals surface area contributed by atoms with Gasteiger partial charge in [0.1, 0.15) is 0 Å². The zero-order valence-corrected chi connectivity index (χ0v) is 12.7. The molecule has 0 unspecified atom stereocenters. The number of nitrogens with one attached hydrogen (secondary N) is 1. The minimum Gasteiger partial charge on any atom is -0.339 e.